The molecule has 0 atom stereocenters. The summed E-state index contributed by atoms with van der Waals surface area (Å²) in [5.41, 5.74) is 1.79. The first-order chi connectivity index (χ1) is 11.6. The summed E-state index contributed by atoms with van der Waals surface area (Å²) in [5.74, 6) is 1.27. The Bertz CT molecular complexity index is 784. The quantitative estimate of drug-likeness (QED) is 0.831. The van der Waals surface area contributed by atoms with E-state index in [0.717, 1.165) is 36.6 Å². The Morgan fingerprint density at radius 3 is 2.96 bits per heavy atom. The van der Waals surface area contributed by atoms with Gasteiger partial charge in [-0.2, -0.15) is 0 Å². The Kier molecular flexibility index (Phi) is 4.45. The summed E-state index contributed by atoms with van der Waals surface area (Å²) in [6, 6.07) is 4.64. The van der Waals surface area contributed by atoms with Crippen LogP contribution >= 0.6 is 0 Å². The molecule has 0 spiro atoms. The zero-order chi connectivity index (χ0) is 17.1. The van der Waals surface area contributed by atoms with E-state index in [1.165, 1.54) is 7.11 Å². The lowest BCUT2D eigenvalue weighted by molar-refractivity contribution is 0.0600. The van der Waals surface area contributed by atoms with Crippen molar-refractivity contribution in [2.45, 2.75) is 32.9 Å². The molecule has 1 aromatic heterocycles. The highest BCUT2D eigenvalue weighted by Gasteiger charge is 2.17. The molecule has 2 aromatic rings. The maximum Gasteiger partial charge on any atom is 0.337 e. The van der Waals surface area contributed by atoms with E-state index < -0.39 is 5.97 Å². The van der Waals surface area contributed by atoms with Crippen LogP contribution in [0.15, 0.2) is 18.2 Å². The minimum Gasteiger partial charge on any atom is -0.465 e. The van der Waals surface area contributed by atoms with Gasteiger partial charge in [-0.05, 0) is 31.0 Å². The van der Waals surface area contributed by atoms with Gasteiger partial charge in [-0.1, -0.05) is 6.07 Å². The van der Waals surface area contributed by atoms with E-state index in [-0.39, 0.29) is 6.03 Å². The molecule has 2 N–H and O–H groups in total. The molecule has 1 aliphatic heterocycles. The van der Waals surface area contributed by atoms with Gasteiger partial charge < -0.3 is 19.9 Å². The maximum atomic E-state index is 12.1. The number of hydrogen-bond acceptors (Lipinski definition) is 5. The van der Waals surface area contributed by atoms with E-state index in [0.29, 0.717) is 17.8 Å². The molecule has 2 heterocycles. The van der Waals surface area contributed by atoms with Gasteiger partial charge in [0.2, 0.25) is 0 Å². The first-order valence-electron chi connectivity index (χ1n) is 7.73. The second-order valence-corrected chi connectivity index (χ2v) is 5.62. The average molecular weight is 329 g/mol. The number of nitrogens with one attached hydrogen (secondary N) is 2. The lowest BCUT2D eigenvalue weighted by Crippen LogP contribution is -2.29. The topological polar surface area (TPSA) is 98.1 Å². The summed E-state index contributed by atoms with van der Waals surface area (Å²) in [7, 11) is 1.32. The number of hydrogen-bond donors (Lipinski definition) is 2. The van der Waals surface area contributed by atoms with Crippen LogP contribution < -0.4 is 10.6 Å². The number of carbonyl (C=O) groups excluding carboxylic acids is 2. The fourth-order valence-electron chi connectivity index (χ4n) is 2.67. The van der Waals surface area contributed by atoms with Gasteiger partial charge in [0, 0.05) is 18.7 Å². The molecule has 24 heavy (non-hydrogen) atoms. The number of esters is 1. The summed E-state index contributed by atoms with van der Waals surface area (Å²) < 4.78 is 6.72. The predicted molar refractivity (Wildman–Crippen MR) is 86.7 cm³/mol. The molecule has 0 radical (unpaired) electrons. The molecule has 2 amide bonds. The van der Waals surface area contributed by atoms with Gasteiger partial charge in [0.25, 0.3) is 0 Å². The monoisotopic (exact) mass is 329 g/mol. The van der Waals surface area contributed by atoms with Crippen molar-refractivity contribution < 1.29 is 14.3 Å². The van der Waals surface area contributed by atoms with Crippen molar-refractivity contribution in [1.82, 2.24) is 20.1 Å². The van der Waals surface area contributed by atoms with Crippen LogP contribution in [0, 0.1) is 6.92 Å². The number of anilines is 1. The van der Waals surface area contributed by atoms with Crippen molar-refractivity contribution in [3.8, 4) is 0 Å². The van der Waals surface area contributed by atoms with Crippen molar-refractivity contribution >= 4 is 17.7 Å². The van der Waals surface area contributed by atoms with E-state index in [2.05, 4.69) is 25.6 Å². The molecule has 0 aliphatic carbocycles. The van der Waals surface area contributed by atoms with E-state index in [9.17, 15) is 9.59 Å². The molecule has 0 fully saturated rings. The molecular formula is C16H19N5O3. The minimum atomic E-state index is -0.447. The molecule has 0 saturated carbocycles. The maximum absolute atomic E-state index is 12.1. The molecule has 8 nitrogen and oxygen atoms in total. The highest BCUT2D eigenvalue weighted by molar-refractivity contribution is 5.94. The number of benzene rings is 1. The second-order valence-electron chi connectivity index (χ2n) is 5.62. The largest absolute Gasteiger partial charge is 0.465 e. The van der Waals surface area contributed by atoms with Crippen LogP contribution in [0.1, 0.15) is 34.0 Å². The number of rotatable bonds is 4. The number of fused-ring (bicyclic) bond motifs is 1. The molecule has 1 aliphatic rings. The van der Waals surface area contributed by atoms with Crippen molar-refractivity contribution in [3.05, 3.63) is 41.0 Å². The molecule has 126 valence electrons. The van der Waals surface area contributed by atoms with Crippen molar-refractivity contribution in [1.29, 1.82) is 0 Å². The summed E-state index contributed by atoms with van der Waals surface area (Å²) in [6.45, 7) is 3.04. The number of carbonyl (C=O) groups is 2. The number of ether oxygens (including phenoxy) is 1. The van der Waals surface area contributed by atoms with Gasteiger partial charge in [0.1, 0.15) is 5.82 Å². The molecular weight excluding hydrogens is 310 g/mol. The molecule has 0 unspecified atom stereocenters. The Morgan fingerprint density at radius 1 is 1.33 bits per heavy atom. The van der Waals surface area contributed by atoms with Crippen LogP contribution in [-0.2, 0) is 24.2 Å². The standard InChI is InChI=1S/C16H19N5O3/c1-10-5-6-11(15(22)24-2)8-12(10)18-16(23)17-9-14-20-19-13-4-3-7-21(13)14/h5-6,8H,3-4,7,9H2,1-2H3,(H2,17,18,23). The Balaban J connectivity index is 1.63. The highest BCUT2D eigenvalue weighted by Crippen LogP contribution is 2.18. The third-order valence-corrected chi connectivity index (χ3v) is 4.00. The van der Waals surface area contributed by atoms with Gasteiger partial charge in [0.05, 0.1) is 19.2 Å². The van der Waals surface area contributed by atoms with Crippen LogP contribution in [0.5, 0.6) is 0 Å². The lowest BCUT2D eigenvalue weighted by atomic mass is 10.1. The van der Waals surface area contributed by atoms with Gasteiger partial charge in [-0.15, -0.1) is 10.2 Å². The number of aromatic nitrogens is 3. The summed E-state index contributed by atoms with van der Waals surface area (Å²) in [6.07, 6.45) is 1.99. The van der Waals surface area contributed by atoms with E-state index in [1.54, 1.807) is 18.2 Å². The summed E-state index contributed by atoms with van der Waals surface area (Å²) in [5, 5.41) is 13.7. The van der Waals surface area contributed by atoms with Gasteiger partial charge >= 0.3 is 12.0 Å². The van der Waals surface area contributed by atoms with Crippen LogP contribution in [-0.4, -0.2) is 33.9 Å². The smallest absolute Gasteiger partial charge is 0.337 e. The summed E-state index contributed by atoms with van der Waals surface area (Å²) >= 11 is 0. The number of urea groups is 1. The molecule has 3 rings (SSSR count). The van der Waals surface area contributed by atoms with Crippen molar-refractivity contribution in [3.63, 3.8) is 0 Å². The zero-order valence-corrected chi connectivity index (χ0v) is 13.6. The first kappa shape index (κ1) is 16.0. The highest BCUT2D eigenvalue weighted by atomic mass is 16.5. The van der Waals surface area contributed by atoms with Crippen molar-refractivity contribution in [2.75, 3.05) is 12.4 Å². The second kappa shape index (κ2) is 6.69. The molecule has 0 bridgehead atoms. The number of aryl methyl sites for hydroxylation is 2. The first-order valence-corrected chi connectivity index (χ1v) is 7.73. The van der Waals surface area contributed by atoms with Crippen LogP contribution in [0.25, 0.3) is 0 Å². The third kappa shape index (κ3) is 3.22. The van der Waals surface area contributed by atoms with E-state index in [1.807, 2.05) is 11.5 Å². The Morgan fingerprint density at radius 2 is 2.17 bits per heavy atom. The normalized spacial score (nSPS) is 12.6. The Hall–Kier alpha value is -2.90. The average Bonchev–Trinajstić information content (AvgIpc) is 3.18. The zero-order valence-electron chi connectivity index (χ0n) is 13.6. The van der Waals surface area contributed by atoms with Crippen LogP contribution in [0.3, 0.4) is 0 Å². The van der Waals surface area contributed by atoms with Gasteiger partial charge in [-0.3, -0.25) is 0 Å². The fourth-order valence-corrected chi connectivity index (χ4v) is 2.67. The third-order valence-electron chi connectivity index (χ3n) is 4.00. The van der Waals surface area contributed by atoms with Crippen LogP contribution in [0.2, 0.25) is 0 Å². The van der Waals surface area contributed by atoms with Crippen LogP contribution in [0.4, 0.5) is 10.5 Å². The minimum absolute atomic E-state index is 0.300. The van der Waals surface area contributed by atoms with E-state index >= 15 is 0 Å². The number of amides is 2. The van der Waals surface area contributed by atoms with E-state index in [4.69, 9.17) is 0 Å². The van der Waals surface area contributed by atoms with Gasteiger partial charge in [0.15, 0.2) is 5.82 Å². The number of nitrogens with zero attached hydrogens (tertiary/aromatic N) is 3. The fraction of sp³-hybridized carbons (Fsp3) is 0.375. The summed E-state index contributed by atoms with van der Waals surface area (Å²) in [4.78, 5) is 23.7. The SMILES string of the molecule is COC(=O)c1ccc(C)c(NC(=O)NCc2nnc3n2CCC3)c1. The molecule has 0 saturated heterocycles. The molecule has 8 heteroatoms. The van der Waals surface area contributed by atoms with Gasteiger partial charge in [-0.25, -0.2) is 9.59 Å². The lowest BCUT2D eigenvalue weighted by Gasteiger charge is -2.11. The number of methoxy groups -OCH3 is 1. The van der Waals surface area contributed by atoms with Crippen molar-refractivity contribution in [2.24, 2.45) is 0 Å². The Labute approximate surface area is 139 Å². The molecule has 1 aromatic carbocycles. The predicted octanol–water partition coefficient (Wildman–Crippen LogP) is 1.64.